The van der Waals surface area contributed by atoms with Crippen LogP contribution in [-0.2, 0) is 0 Å². The van der Waals surface area contributed by atoms with E-state index < -0.39 is 0 Å². The average Bonchev–Trinajstić information content (AvgIpc) is 3.12. The van der Waals surface area contributed by atoms with E-state index >= 15 is 0 Å². The molecule has 1 aromatic heterocycles. The number of furan rings is 1. The molecule has 0 saturated carbocycles. The van der Waals surface area contributed by atoms with Crippen LogP contribution < -0.4 is 0 Å². The Morgan fingerprint density at radius 2 is 1.39 bits per heavy atom. The molecule has 0 N–H and O–H groups in total. The monoisotopic (exact) mass is 422 g/mol. The predicted molar refractivity (Wildman–Crippen MR) is 122 cm³/mol. The fraction of sp³-hybridized carbons (Fsp3) is 0. The number of fused-ring (bicyclic) bond motifs is 6. The van der Waals surface area contributed by atoms with E-state index in [4.69, 9.17) is 4.42 Å². The summed E-state index contributed by atoms with van der Waals surface area (Å²) in [6.45, 7) is 0. The first kappa shape index (κ1) is 15.9. The molecule has 28 heavy (non-hydrogen) atoms. The maximum absolute atomic E-state index is 6.37. The molecule has 6 rings (SSSR count). The van der Waals surface area contributed by atoms with Crippen LogP contribution in [-0.4, -0.2) is 0 Å². The van der Waals surface area contributed by atoms with Crippen LogP contribution in [0.5, 0.6) is 0 Å². The van der Waals surface area contributed by atoms with Crippen LogP contribution in [0.25, 0.3) is 54.6 Å². The first-order valence-electron chi connectivity index (χ1n) is 9.31. The zero-order valence-electron chi connectivity index (χ0n) is 14.9. The highest BCUT2D eigenvalue weighted by Crippen LogP contribution is 2.39. The van der Waals surface area contributed by atoms with Crippen molar-refractivity contribution in [2.75, 3.05) is 0 Å². The molecule has 132 valence electrons. The van der Waals surface area contributed by atoms with E-state index in [9.17, 15) is 0 Å². The summed E-state index contributed by atoms with van der Waals surface area (Å²) >= 11 is 3.55. The van der Waals surface area contributed by atoms with Gasteiger partial charge in [0.05, 0.1) is 0 Å². The maximum Gasteiger partial charge on any atom is 0.143 e. The SMILES string of the molecule is Brc1ccc2cc(-c3cccc4c3oc3ccc5ccccc5c34)ccc2c1. The molecular weight excluding hydrogens is 408 g/mol. The Labute approximate surface area is 170 Å². The normalized spacial score (nSPS) is 11.8. The molecule has 2 heteroatoms. The zero-order valence-corrected chi connectivity index (χ0v) is 16.5. The summed E-state index contributed by atoms with van der Waals surface area (Å²) < 4.78 is 7.47. The predicted octanol–water partition coefficient (Wildman–Crippen LogP) is 8.32. The molecule has 6 aromatic rings. The Kier molecular flexibility index (Phi) is 3.38. The lowest BCUT2D eigenvalue weighted by molar-refractivity contribution is 0.670. The van der Waals surface area contributed by atoms with Gasteiger partial charge in [-0.3, -0.25) is 0 Å². The Morgan fingerprint density at radius 1 is 0.607 bits per heavy atom. The first-order valence-corrected chi connectivity index (χ1v) is 10.1. The third-order valence-electron chi connectivity index (χ3n) is 5.50. The van der Waals surface area contributed by atoms with Gasteiger partial charge in [0.2, 0.25) is 0 Å². The maximum atomic E-state index is 6.37. The molecule has 0 unspecified atom stereocenters. The van der Waals surface area contributed by atoms with Crippen molar-refractivity contribution in [2.45, 2.75) is 0 Å². The second-order valence-corrected chi connectivity index (χ2v) is 8.07. The lowest BCUT2D eigenvalue weighted by atomic mass is 9.98. The topological polar surface area (TPSA) is 13.1 Å². The summed E-state index contributed by atoms with van der Waals surface area (Å²) in [7, 11) is 0. The molecule has 0 saturated heterocycles. The average molecular weight is 423 g/mol. The number of halogens is 1. The van der Waals surface area contributed by atoms with Gasteiger partial charge in [0.25, 0.3) is 0 Å². The van der Waals surface area contributed by atoms with Crippen molar-refractivity contribution < 1.29 is 4.42 Å². The molecular formula is C26H15BrO. The number of hydrogen-bond donors (Lipinski definition) is 0. The molecule has 0 amide bonds. The van der Waals surface area contributed by atoms with E-state index in [1.54, 1.807) is 0 Å². The van der Waals surface area contributed by atoms with Gasteiger partial charge >= 0.3 is 0 Å². The second-order valence-electron chi connectivity index (χ2n) is 7.15. The van der Waals surface area contributed by atoms with Crippen molar-refractivity contribution in [3.05, 3.63) is 95.5 Å². The highest BCUT2D eigenvalue weighted by atomic mass is 79.9. The van der Waals surface area contributed by atoms with Crippen LogP contribution >= 0.6 is 15.9 Å². The van der Waals surface area contributed by atoms with Crippen LogP contribution in [0, 0.1) is 0 Å². The van der Waals surface area contributed by atoms with E-state index in [2.05, 4.69) is 107 Å². The van der Waals surface area contributed by atoms with Crippen LogP contribution in [0.15, 0.2) is 99.9 Å². The van der Waals surface area contributed by atoms with Crippen molar-refractivity contribution in [3.8, 4) is 11.1 Å². The second kappa shape index (κ2) is 5.95. The summed E-state index contributed by atoms with van der Waals surface area (Å²) in [5.41, 5.74) is 4.18. The zero-order chi connectivity index (χ0) is 18.7. The van der Waals surface area contributed by atoms with Gasteiger partial charge in [0.15, 0.2) is 0 Å². The molecule has 0 bridgehead atoms. The van der Waals surface area contributed by atoms with Crippen LogP contribution in [0.3, 0.4) is 0 Å². The smallest absolute Gasteiger partial charge is 0.143 e. The quantitative estimate of drug-likeness (QED) is 0.259. The number of rotatable bonds is 1. The van der Waals surface area contributed by atoms with Gasteiger partial charge in [-0.05, 0) is 51.4 Å². The number of benzene rings is 5. The molecule has 1 heterocycles. The Balaban J connectivity index is 1.68. The lowest BCUT2D eigenvalue weighted by Crippen LogP contribution is -1.81. The molecule has 0 fully saturated rings. The first-order chi connectivity index (χ1) is 13.8. The molecule has 0 atom stereocenters. The molecule has 0 radical (unpaired) electrons. The van der Waals surface area contributed by atoms with Crippen LogP contribution in [0.2, 0.25) is 0 Å². The summed E-state index contributed by atoms with van der Waals surface area (Å²) in [6, 6.07) is 32.1. The van der Waals surface area contributed by atoms with Gasteiger partial charge in [0.1, 0.15) is 11.2 Å². The van der Waals surface area contributed by atoms with Crippen molar-refractivity contribution in [1.29, 1.82) is 0 Å². The van der Waals surface area contributed by atoms with Crippen molar-refractivity contribution in [3.63, 3.8) is 0 Å². The summed E-state index contributed by atoms with van der Waals surface area (Å²) in [4.78, 5) is 0. The van der Waals surface area contributed by atoms with Crippen LogP contribution in [0.1, 0.15) is 0 Å². The summed E-state index contributed by atoms with van der Waals surface area (Å²) in [6.07, 6.45) is 0. The third-order valence-corrected chi connectivity index (χ3v) is 5.99. The van der Waals surface area contributed by atoms with Gasteiger partial charge in [-0.2, -0.15) is 0 Å². The van der Waals surface area contributed by atoms with Gasteiger partial charge < -0.3 is 4.42 Å². The highest BCUT2D eigenvalue weighted by Gasteiger charge is 2.14. The fourth-order valence-electron chi connectivity index (χ4n) is 4.18. The Hall–Kier alpha value is -3.10. The van der Waals surface area contributed by atoms with Crippen molar-refractivity contribution in [2.24, 2.45) is 0 Å². The van der Waals surface area contributed by atoms with Gasteiger partial charge in [-0.25, -0.2) is 0 Å². The van der Waals surface area contributed by atoms with Gasteiger partial charge in [-0.15, -0.1) is 0 Å². The highest BCUT2D eigenvalue weighted by molar-refractivity contribution is 9.10. The van der Waals surface area contributed by atoms with E-state index in [0.29, 0.717) is 0 Å². The summed E-state index contributed by atoms with van der Waals surface area (Å²) in [5, 5.41) is 7.28. The van der Waals surface area contributed by atoms with Crippen molar-refractivity contribution >= 4 is 59.4 Å². The Morgan fingerprint density at radius 3 is 2.36 bits per heavy atom. The largest absolute Gasteiger partial charge is 0.455 e. The Bertz CT molecular complexity index is 1520. The molecule has 0 aliphatic heterocycles. The minimum absolute atomic E-state index is 0.936. The van der Waals surface area contributed by atoms with Gasteiger partial charge in [0, 0.05) is 20.8 Å². The van der Waals surface area contributed by atoms with E-state index in [1.807, 2.05) is 0 Å². The lowest BCUT2D eigenvalue weighted by Gasteiger charge is -2.06. The molecule has 0 aliphatic rings. The molecule has 1 nitrogen and oxygen atoms in total. The minimum atomic E-state index is 0.936. The van der Waals surface area contributed by atoms with E-state index in [-0.39, 0.29) is 0 Å². The third kappa shape index (κ3) is 2.31. The minimum Gasteiger partial charge on any atom is -0.455 e. The molecule has 5 aromatic carbocycles. The van der Waals surface area contributed by atoms with Crippen molar-refractivity contribution in [1.82, 2.24) is 0 Å². The summed E-state index contributed by atoms with van der Waals surface area (Å²) in [5.74, 6) is 0. The van der Waals surface area contributed by atoms with Gasteiger partial charge in [-0.1, -0.05) is 82.7 Å². The molecule has 0 aliphatic carbocycles. The number of hydrogen-bond acceptors (Lipinski definition) is 1. The fourth-order valence-corrected chi connectivity index (χ4v) is 4.56. The standard InChI is InChI=1S/C26H15BrO/c27-20-12-10-17-14-19(9-8-18(17)15-20)22-6-3-7-23-25-21-5-2-1-4-16(21)11-13-24(25)28-26(22)23/h1-15H. The molecule has 0 spiro atoms. The van der Waals surface area contributed by atoms with E-state index in [1.165, 1.54) is 37.9 Å². The van der Waals surface area contributed by atoms with E-state index in [0.717, 1.165) is 21.2 Å². The number of para-hydroxylation sites is 1. The van der Waals surface area contributed by atoms with Crippen LogP contribution in [0.4, 0.5) is 0 Å².